The maximum Gasteiger partial charge on any atom is 0.242 e. The smallest absolute Gasteiger partial charge is 0.242 e. The Hall–Kier alpha value is -2.55. The Labute approximate surface area is 214 Å². The number of thiophene rings is 2. The first-order valence-corrected chi connectivity index (χ1v) is 13.8. The van der Waals surface area contributed by atoms with Crippen molar-refractivity contribution in [3.8, 4) is 0 Å². The third-order valence-electron chi connectivity index (χ3n) is 6.41. The Kier molecular flexibility index (Phi) is 9.06. The van der Waals surface area contributed by atoms with Crippen LogP contribution in [0.3, 0.4) is 0 Å². The number of hydrogen-bond donors (Lipinski definition) is 0. The minimum absolute atomic E-state index is 0.0194. The second-order valence-electron chi connectivity index (χ2n) is 9.02. The van der Waals surface area contributed by atoms with Gasteiger partial charge in [-0.3, -0.25) is 9.59 Å². The molecule has 0 bridgehead atoms. The molecule has 186 valence electrons. The summed E-state index contributed by atoms with van der Waals surface area (Å²) in [7, 11) is 0. The zero-order valence-corrected chi connectivity index (χ0v) is 21.8. The van der Waals surface area contributed by atoms with Gasteiger partial charge in [0.25, 0.3) is 0 Å². The molecule has 4 rings (SSSR count). The van der Waals surface area contributed by atoms with Crippen LogP contribution in [-0.4, -0.2) is 59.2 Å². The summed E-state index contributed by atoms with van der Waals surface area (Å²) in [6, 6.07) is 12.2. The van der Waals surface area contributed by atoms with E-state index >= 15 is 0 Å². The van der Waals surface area contributed by atoms with Crippen LogP contribution in [0.25, 0.3) is 0 Å². The van der Waals surface area contributed by atoms with E-state index in [1.165, 1.54) is 25.0 Å². The molecule has 0 radical (unpaired) electrons. The van der Waals surface area contributed by atoms with Gasteiger partial charge in [0, 0.05) is 29.4 Å². The zero-order valence-electron chi connectivity index (χ0n) is 20.1. The topological polar surface area (TPSA) is 43.9 Å². The van der Waals surface area contributed by atoms with Crippen molar-refractivity contribution in [3.05, 3.63) is 79.9 Å². The fourth-order valence-electron chi connectivity index (χ4n) is 4.28. The fourth-order valence-corrected chi connectivity index (χ4v) is 5.90. The SMILES string of the molecule is Cc1ccsc1CN(Cc1ccc(F)cc1)C(=O)CN(CCN1CCCC1)C(=O)Cc1cccs1. The number of aryl methyl sites for hydroxylation is 1. The number of rotatable bonds is 11. The molecule has 5 nitrogen and oxygen atoms in total. The standard InChI is InChI=1S/C27H32FN3O2S2/c1-21-10-16-35-25(21)19-31(18-22-6-8-23(28)9-7-22)27(33)20-30(14-13-29-11-2-3-12-29)26(32)17-24-5-4-15-34-24/h4-10,15-16H,2-3,11-14,17-20H2,1H3. The lowest BCUT2D eigenvalue weighted by Crippen LogP contribution is -2.45. The molecule has 2 aromatic heterocycles. The average Bonchev–Trinajstić information content (AvgIpc) is 3.62. The Bertz CT molecular complexity index is 1090. The van der Waals surface area contributed by atoms with Crippen molar-refractivity contribution in [2.75, 3.05) is 32.7 Å². The van der Waals surface area contributed by atoms with Crippen LogP contribution in [-0.2, 0) is 29.1 Å². The van der Waals surface area contributed by atoms with Gasteiger partial charge in [-0.25, -0.2) is 4.39 Å². The highest BCUT2D eigenvalue weighted by Crippen LogP contribution is 2.20. The lowest BCUT2D eigenvalue weighted by atomic mass is 10.2. The van der Waals surface area contributed by atoms with Crippen LogP contribution < -0.4 is 0 Å². The van der Waals surface area contributed by atoms with E-state index in [-0.39, 0.29) is 24.2 Å². The van der Waals surface area contributed by atoms with Crippen LogP contribution in [0, 0.1) is 12.7 Å². The number of amides is 2. The van der Waals surface area contributed by atoms with Crippen molar-refractivity contribution < 1.29 is 14.0 Å². The summed E-state index contributed by atoms with van der Waals surface area (Å²) in [6.45, 7) is 6.35. The number of nitrogens with zero attached hydrogens (tertiary/aromatic N) is 3. The quantitative estimate of drug-likeness (QED) is 0.364. The van der Waals surface area contributed by atoms with Crippen molar-refractivity contribution >= 4 is 34.5 Å². The largest absolute Gasteiger partial charge is 0.332 e. The molecule has 2 amide bonds. The highest BCUT2D eigenvalue weighted by molar-refractivity contribution is 7.10. The summed E-state index contributed by atoms with van der Waals surface area (Å²) in [5.41, 5.74) is 2.01. The molecule has 1 aromatic carbocycles. The number of carbonyl (C=O) groups excluding carboxylic acids is 2. The first kappa shape index (κ1) is 25.5. The molecule has 1 saturated heterocycles. The molecule has 0 spiro atoms. The van der Waals surface area contributed by atoms with Gasteiger partial charge in [0.05, 0.1) is 19.5 Å². The van der Waals surface area contributed by atoms with Gasteiger partial charge in [-0.05, 0) is 79.0 Å². The van der Waals surface area contributed by atoms with Gasteiger partial charge in [0.2, 0.25) is 11.8 Å². The molecule has 3 aromatic rings. The molecular weight excluding hydrogens is 481 g/mol. The number of halogens is 1. The number of carbonyl (C=O) groups is 2. The Morgan fingerprint density at radius 2 is 1.71 bits per heavy atom. The van der Waals surface area contributed by atoms with Gasteiger partial charge in [0.15, 0.2) is 0 Å². The minimum atomic E-state index is -0.298. The van der Waals surface area contributed by atoms with Gasteiger partial charge in [-0.15, -0.1) is 22.7 Å². The summed E-state index contributed by atoms with van der Waals surface area (Å²) < 4.78 is 13.4. The van der Waals surface area contributed by atoms with E-state index in [2.05, 4.69) is 4.90 Å². The maximum atomic E-state index is 13.6. The molecule has 3 heterocycles. The maximum absolute atomic E-state index is 13.6. The molecule has 0 N–H and O–H groups in total. The van der Waals surface area contributed by atoms with E-state index in [0.29, 0.717) is 26.1 Å². The summed E-state index contributed by atoms with van der Waals surface area (Å²) in [5.74, 6) is -0.412. The minimum Gasteiger partial charge on any atom is -0.332 e. The Morgan fingerprint density at radius 3 is 2.37 bits per heavy atom. The summed E-state index contributed by atoms with van der Waals surface area (Å²) >= 11 is 3.19. The molecule has 8 heteroatoms. The Balaban J connectivity index is 1.49. The van der Waals surface area contributed by atoms with Gasteiger partial charge in [-0.2, -0.15) is 0 Å². The number of benzene rings is 1. The molecule has 1 aliphatic rings. The van der Waals surface area contributed by atoms with Gasteiger partial charge >= 0.3 is 0 Å². The molecule has 0 aliphatic carbocycles. The molecule has 1 aliphatic heterocycles. The van der Waals surface area contributed by atoms with Crippen molar-refractivity contribution in [3.63, 3.8) is 0 Å². The van der Waals surface area contributed by atoms with Crippen molar-refractivity contribution in [2.45, 2.75) is 39.3 Å². The van der Waals surface area contributed by atoms with Crippen LogP contribution in [0.4, 0.5) is 4.39 Å². The van der Waals surface area contributed by atoms with Gasteiger partial charge < -0.3 is 14.7 Å². The molecule has 0 unspecified atom stereocenters. The predicted molar refractivity (Wildman–Crippen MR) is 140 cm³/mol. The van der Waals surface area contributed by atoms with Crippen molar-refractivity contribution in [1.29, 1.82) is 0 Å². The first-order chi connectivity index (χ1) is 17.0. The average molecular weight is 514 g/mol. The van der Waals surface area contributed by atoms with Crippen LogP contribution in [0.15, 0.2) is 53.2 Å². The van der Waals surface area contributed by atoms with Crippen LogP contribution in [0.2, 0.25) is 0 Å². The van der Waals surface area contributed by atoms with Gasteiger partial charge in [-0.1, -0.05) is 18.2 Å². The zero-order chi connectivity index (χ0) is 24.6. The lowest BCUT2D eigenvalue weighted by Gasteiger charge is -2.29. The normalized spacial score (nSPS) is 13.8. The highest BCUT2D eigenvalue weighted by Gasteiger charge is 2.24. The molecule has 0 atom stereocenters. The second kappa shape index (κ2) is 12.4. The van der Waals surface area contributed by atoms with E-state index in [0.717, 1.165) is 40.5 Å². The van der Waals surface area contributed by atoms with Crippen molar-refractivity contribution in [1.82, 2.24) is 14.7 Å². The number of likely N-dealkylation sites (tertiary alicyclic amines) is 1. The summed E-state index contributed by atoms with van der Waals surface area (Å²) in [4.78, 5) is 34.9. The third kappa shape index (κ3) is 7.46. The Morgan fingerprint density at radius 1 is 0.943 bits per heavy atom. The van der Waals surface area contributed by atoms with Gasteiger partial charge in [0.1, 0.15) is 5.82 Å². The molecule has 1 fully saturated rings. The third-order valence-corrected chi connectivity index (χ3v) is 8.30. The monoisotopic (exact) mass is 513 g/mol. The van der Waals surface area contributed by atoms with Crippen LogP contribution in [0.1, 0.15) is 33.7 Å². The van der Waals surface area contributed by atoms with E-state index in [9.17, 15) is 14.0 Å². The molecule has 35 heavy (non-hydrogen) atoms. The summed E-state index contributed by atoms with van der Waals surface area (Å²) in [5, 5.41) is 3.99. The van der Waals surface area contributed by atoms with Crippen LogP contribution >= 0.6 is 22.7 Å². The molecule has 0 saturated carbocycles. The lowest BCUT2D eigenvalue weighted by molar-refractivity contribution is -0.141. The highest BCUT2D eigenvalue weighted by atomic mass is 32.1. The number of hydrogen-bond acceptors (Lipinski definition) is 5. The summed E-state index contributed by atoms with van der Waals surface area (Å²) in [6.07, 6.45) is 2.69. The van der Waals surface area contributed by atoms with Crippen molar-refractivity contribution in [2.24, 2.45) is 0 Å². The van der Waals surface area contributed by atoms with E-state index in [4.69, 9.17) is 0 Å². The van der Waals surface area contributed by atoms with E-state index < -0.39 is 0 Å². The fraction of sp³-hybridized carbons (Fsp3) is 0.407. The predicted octanol–water partition coefficient (Wildman–Crippen LogP) is 4.95. The van der Waals surface area contributed by atoms with E-state index in [1.807, 2.05) is 35.9 Å². The van der Waals surface area contributed by atoms with Crippen LogP contribution in [0.5, 0.6) is 0 Å². The van der Waals surface area contributed by atoms with E-state index in [1.54, 1.807) is 44.6 Å². The second-order valence-corrected chi connectivity index (χ2v) is 11.1. The first-order valence-electron chi connectivity index (χ1n) is 12.1. The molecular formula is C27H32FN3O2S2.